The summed E-state index contributed by atoms with van der Waals surface area (Å²) in [6.07, 6.45) is 0. The van der Waals surface area contributed by atoms with Crippen LogP contribution in [-0.4, -0.2) is 5.24 Å². The van der Waals surface area contributed by atoms with E-state index in [9.17, 15) is 4.79 Å². The smallest absolute Gasteiger partial charge is 0.263 e. The molecule has 0 spiro atoms. The van der Waals surface area contributed by atoms with E-state index < -0.39 is 5.24 Å². The highest BCUT2D eigenvalue weighted by atomic mass is 79.9. The molecule has 0 aliphatic carbocycles. The molecule has 0 N–H and O–H groups in total. The summed E-state index contributed by atoms with van der Waals surface area (Å²) in [4.78, 5) is 11.1. The van der Waals surface area contributed by atoms with Crippen LogP contribution >= 0.6 is 54.8 Å². The summed E-state index contributed by atoms with van der Waals surface area (Å²) in [7, 11) is 0. The fourth-order valence-electron chi connectivity index (χ4n) is 0.475. The van der Waals surface area contributed by atoms with Crippen molar-refractivity contribution in [3.63, 3.8) is 0 Å². The molecule has 0 aliphatic rings. The van der Waals surface area contributed by atoms with Gasteiger partial charge in [0, 0.05) is 4.47 Å². The van der Waals surface area contributed by atoms with Gasteiger partial charge in [0.15, 0.2) is 0 Å². The van der Waals surface area contributed by atoms with Crippen LogP contribution in [0.3, 0.4) is 0 Å². The van der Waals surface area contributed by atoms with Crippen LogP contribution in [0.2, 0.25) is 0 Å². The van der Waals surface area contributed by atoms with Crippen molar-refractivity contribution in [3.8, 4) is 0 Å². The van der Waals surface area contributed by atoms with Crippen LogP contribution in [0, 0.1) is 0 Å². The maximum absolute atomic E-state index is 10.6. The Hall–Kier alpha value is 0.620. The zero-order chi connectivity index (χ0) is 7.72. The van der Waals surface area contributed by atoms with Crippen LogP contribution in [0.15, 0.2) is 14.3 Å². The van der Waals surface area contributed by atoms with E-state index in [1.54, 1.807) is 6.07 Å². The molecule has 5 heteroatoms. The van der Waals surface area contributed by atoms with Gasteiger partial charge in [-0.3, -0.25) is 4.79 Å². The van der Waals surface area contributed by atoms with Gasteiger partial charge in [0.2, 0.25) is 0 Å². The lowest BCUT2D eigenvalue weighted by molar-refractivity contribution is 0.108. The molecule has 0 unspecified atom stereocenters. The minimum atomic E-state index is -0.428. The molecule has 0 aromatic carbocycles. The second-order valence-electron chi connectivity index (χ2n) is 1.50. The topological polar surface area (TPSA) is 17.1 Å². The van der Waals surface area contributed by atoms with Gasteiger partial charge in [0.05, 0.1) is 3.79 Å². The van der Waals surface area contributed by atoms with E-state index in [0.29, 0.717) is 4.88 Å². The van der Waals surface area contributed by atoms with Gasteiger partial charge in [-0.25, -0.2) is 0 Å². The molecule has 54 valence electrons. The molecule has 0 amide bonds. The molecule has 0 radical (unpaired) electrons. The summed E-state index contributed by atoms with van der Waals surface area (Å²) in [6, 6.07) is 1.79. The molecule has 10 heavy (non-hydrogen) atoms. The zero-order valence-corrected chi connectivity index (χ0v) is 9.27. The highest BCUT2D eigenvalue weighted by Crippen LogP contribution is 2.31. The first-order chi connectivity index (χ1) is 4.61. The lowest BCUT2D eigenvalue weighted by atomic mass is 10.5. The van der Waals surface area contributed by atoms with Gasteiger partial charge >= 0.3 is 0 Å². The normalized spacial score (nSPS) is 9.90. The molecular formula is C5HBr2ClOS. The van der Waals surface area contributed by atoms with Crippen molar-refractivity contribution in [2.24, 2.45) is 0 Å². The zero-order valence-electron chi connectivity index (χ0n) is 4.53. The minimum absolute atomic E-state index is 0.428. The number of hydrogen-bond donors (Lipinski definition) is 0. The molecule has 1 aromatic rings. The summed E-state index contributed by atoms with van der Waals surface area (Å²) in [5.41, 5.74) is 0. The van der Waals surface area contributed by atoms with E-state index in [1.807, 2.05) is 0 Å². The standard InChI is InChI=1S/C5HBr2ClOS/c6-2-1-3(7)10-4(2)5(8)9/h1H. The number of halogens is 3. The van der Waals surface area contributed by atoms with Crippen molar-refractivity contribution in [2.75, 3.05) is 0 Å². The van der Waals surface area contributed by atoms with E-state index in [4.69, 9.17) is 11.6 Å². The van der Waals surface area contributed by atoms with Crippen LogP contribution < -0.4 is 0 Å². The quantitative estimate of drug-likeness (QED) is 0.724. The van der Waals surface area contributed by atoms with Crippen LogP contribution in [0.4, 0.5) is 0 Å². The van der Waals surface area contributed by atoms with E-state index in [-0.39, 0.29) is 0 Å². The molecule has 1 heterocycles. The summed E-state index contributed by atoms with van der Waals surface area (Å²) in [5, 5.41) is -0.428. The first kappa shape index (κ1) is 8.71. The molecule has 0 atom stereocenters. The fourth-order valence-corrected chi connectivity index (χ4v) is 3.24. The van der Waals surface area contributed by atoms with Crippen LogP contribution in [-0.2, 0) is 0 Å². The molecule has 0 fully saturated rings. The highest BCUT2D eigenvalue weighted by Gasteiger charge is 2.10. The van der Waals surface area contributed by atoms with Crippen molar-refractivity contribution in [3.05, 3.63) is 19.2 Å². The maximum Gasteiger partial charge on any atom is 0.263 e. The Bertz CT molecular complexity index is 271. The first-order valence-electron chi connectivity index (χ1n) is 2.26. The third-order valence-corrected chi connectivity index (χ3v) is 3.66. The maximum atomic E-state index is 10.6. The fraction of sp³-hybridized carbons (Fsp3) is 0. The number of rotatable bonds is 1. The van der Waals surface area contributed by atoms with Crippen LogP contribution in [0.25, 0.3) is 0 Å². The monoisotopic (exact) mass is 302 g/mol. The predicted octanol–water partition coefficient (Wildman–Crippen LogP) is 3.65. The number of carbonyl (C=O) groups excluding carboxylic acids is 1. The van der Waals surface area contributed by atoms with Crippen LogP contribution in [0.5, 0.6) is 0 Å². The van der Waals surface area contributed by atoms with E-state index in [1.165, 1.54) is 11.3 Å². The average molecular weight is 304 g/mol. The van der Waals surface area contributed by atoms with Gasteiger partial charge in [0.25, 0.3) is 5.24 Å². The van der Waals surface area contributed by atoms with Gasteiger partial charge in [0.1, 0.15) is 4.88 Å². The van der Waals surface area contributed by atoms with Crippen LogP contribution in [0.1, 0.15) is 9.67 Å². The summed E-state index contributed by atoms with van der Waals surface area (Å²) in [6.45, 7) is 0. The van der Waals surface area contributed by atoms with Gasteiger partial charge in [-0.1, -0.05) is 0 Å². The Morgan fingerprint density at radius 3 is 2.40 bits per heavy atom. The van der Waals surface area contributed by atoms with E-state index in [2.05, 4.69) is 31.9 Å². The summed E-state index contributed by atoms with van der Waals surface area (Å²) >= 11 is 13.0. The summed E-state index contributed by atoms with van der Waals surface area (Å²) in [5.74, 6) is 0. The Labute approximate surface area is 83.6 Å². The SMILES string of the molecule is O=C(Cl)c1sc(Br)cc1Br. The van der Waals surface area contributed by atoms with Crippen molar-refractivity contribution < 1.29 is 4.79 Å². The van der Waals surface area contributed by atoms with Gasteiger partial charge in [-0.15, -0.1) is 11.3 Å². The lowest BCUT2D eigenvalue weighted by Gasteiger charge is -1.83. The minimum Gasteiger partial charge on any atom is -0.275 e. The molecular weight excluding hydrogens is 303 g/mol. The Balaban J connectivity index is 3.15. The van der Waals surface area contributed by atoms with E-state index >= 15 is 0 Å². The Kier molecular flexibility index (Phi) is 2.91. The Morgan fingerprint density at radius 2 is 2.20 bits per heavy atom. The predicted molar refractivity (Wildman–Crippen MR) is 49.9 cm³/mol. The second-order valence-corrected chi connectivity index (χ2v) is 5.13. The second kappa shape index (κ2) is 3.34. The summed E-state index contributed by atoms with van der Waals surface area (Å²) < 4.78 is 1.63. The van der Waals surface area contributed by atoms with Crippen molar-refractivity contribution in [2.45, 2.75) is 0 Å². The van der Waals surface area contributed by atoms with Gasteiger partial charge < -0.3 is 0 Å². The van der Waals surface area contributed by atoms with E-state index in [0.717, 1.165) is 8.26 Å². The number of thiophene rings is 1. The van der Waals surface area contributed by atoms with Crippen molar-refractivity contribution in [1.82, 2.24) is 0 Å². The third kappa shape index (κ3) is 1.81. The Morgan fingerprint density at radius 1 is 1.60 bits per heavy atom. The molecule has 0 bridgehead atoms. The first-order valence-corrected chi connectivity index (χ1v) is 5.04. The number of hydrogen-bond acceptors (Lipinski definition) is 2. The average Bonchev–Trinajstić information content (AvgIpc) is 2.10. The molecule has 0 saturated carbocycles. The molecule has 0 saturated heterocycles. The number of carbonyl (C=O) groups is 1. The largest absolute Gasteiger partial charge is 0.275 e. The van der Waals surface area contributed by atoms with Gasteiger partial charge in [-0.2, -0.15) is 0 Å². The molecule has 1 rings (SSSR count). The third-order valence-electron chi connectivity index (χ3n) is 0.835. The molecule has 1 aromatic heterocycles. The molecule has 0 aliphatic heterocycles. The lowest BCUT2D eigenvalue weighted by Crippen LogP contribution is -1.81. The van der Waals surface area contributed by atoms with Crippen molar-refractivity contribution in [1.29, 1.82) is 0 Å². The van der Waals surface area contributed by atoms with Gasteiger partial charge in [-0.05, 0) is 49.5 Å². The highest BCUT2D eigenvalue weighted by molar-refractivity contribution is 9.11. The molecule has 1 nitrogen and oxygen atoms in total. The van der Waals surface area contributed by atoms with Crippen molar-refractivity contribution >= 4 is 60.0 Å².